The number of piperazine rings is 1. The average Bonchev–Trinajstić information content (AvgIpc) is 2.67. The minimum Gasteiger partial charge on any atom is -0.393 e. The van der Waals surface area contributed by atoms with Crippen molar-refractivity contribution in [3.8, 4) is 0 Å². The largest absolute Gasteiger partial charge is 0.393 e. The number of nitrogen functional groups attached to an aromatic ring is 1. The lowest BCUT2D eigenvalue weighted by molar-refractivity contribution is 0.641. The lowest BCUT2D eigenvalue weighted by Gasteiger charge is -2.36. The van der Waals surface area contributed by atoms with Crippen LogP contribution in [0.4, 0.5) is 23.1 Å². The summed E-state index contributed by atoms with van der Waals surface area (Å²) in [4.78, 5) is 19.9. The molecule has 7 heteroatoms. The number of nitrogens with two attached hydrogens (primary N) is 1. The highest BCUT2D eigenvalue weighted by molar-refractivity contribution is 5.75. The molecular formula is C18H27N7. The highest BCUT2D eigenvalue weighted by atomic mass is 15.3. The molecule has 2 aromatic rings. The van der Waals surface area contributed by atoms with E-state index in [-0.39, 0.29) is 0 Å². The molecule has 0 bridgehead atoms. The zero-order valence-corrected chi connectivity index (χ0v) is 15.1. The molecule has 1 aliphatic rings. The molecule has 1 fully saturated rings. The van der Waals surface area contributed by atoms with Crippen LogP contribution >= 0.6 is 0 Å². The third-order valence-corrected chi connectivity index (χ3v) is 4.60. The minimum atomic E-state index is 0.674. The van der Waals surface area contributed by atoms with Crippen molar-refractivity contribution in [3.05, 3.63) is 30.7 Å². The van der Waals surface area contributed by atoms with Crippen molar-refractivity contribution in [1.82, 2.24) is 15.0 Å². The zero-order chi connectivity index (χ0) is 17.6. The zero-order valence-electron chi connectivity index (χ0n) is 15.1. The fourth-order valence-electron chi connectivity index (χ4n) is 3.12. The fourth-order valence-corrected chi connectivity index (χ4v) is 3.12. The van der Waals surface area contributed by atoms with Crippen LogP contribution in [0.5, 0.6) is 0 Å². The molecular weight excluding hydrogens is 314 g/mol. The van der Waals surface area contributed by atoms with Crippen molar-refractivity contribution in [1.29, 1.82) is 0 Å². The van der Waals surface area contributed by atoms with E-state index >= 15 is 0 Å². The Balaban J connectivity index is 1.69. The van der Waals surface area contributed by atoms with Crippen LogP contribution in [-0.2, 0) is 0 Å². The average molecular weight is 341 g/mol. The fraction of sp³-hybridized carbons (Fsp3) is 0.500. The first kappa shape index (κ1) is 17.3. The van der Waals surface area contributed by atoms with E-state index in [2.05, 4.69) is 42.6 Å². The van der Waals surface area contributed by atoms with Crippen LogP contribution in [0.2, 0.25) is 0 Å². The number of hydrogen-bond acceptors (Lipinski definition) is 7. The smallest absolute Gasteiger partial charge is 0.157 e. The summed E-state index contributed by atoms with van der Waals surface area (Å²) < 4.78 is 0. The number of anilines is 4. The summed E-state index contributed by atoms with van der Waals surface area (Å²) >= 11 is 0. The van der Waals surface area contributed by atoms with Gasteiger partial charge in [-0.05, 0) is 18.6 Å². The van der Waals surface area contributed by atoms with Gasteiger partial charge in [-0.25, -0.2) is 15.0 Å². The molecule has 3 rings (SSSR count). The molecule has 0 atom stereocenters. The molecule has 0 amide bonds. The van der Waals surface area contributed by atoms with Gasteiger partial charge in [0, 0.05) is 46.0 Å². The van der Waals surface area contributed by atoms with E-state index in [9.17, 15) is 0 Å². The van der Waals surface area contributed by atoms with Crippen molar-refractivity contribution in [2.45, 2.75) is 19.8 Å². The Hall–Kier alpha value is -2.57. The quantitative estimate of drug-likeness (QED) is 0.861. The molecule has 0 unspecified atom stereocenters. The van der Waals surface area contributed by atoms with Gasteiger partial charge >= 0.3 is 0 Å². The maximum atomic E-state index is 6.40. The molecule has 0 radical (unpaired) electrons. The maximum Gasteiger partial charge on any atom is 0.157 e. The summed E-state index contributed by atoms with van der Waals surface area (Å²) in [6.07, 6.45) is 5.73. The molecule has 7 nitrogen and oxygen atoms in total. The van der Waals surface area contributed by atoms with Crippen molar-refractivity contribution < 1.29 is 0 Å². The summed E-state index contributed by atoms with van der Waals surface area (Å²) in [5, 5.41) is 0. The summed E-state index contributed by atoms with van der Waals surface area (Å²) in [7, 11) is 2.04. The van der Waals surface area contributed by atoms with Crippen LogP contribution in [-0.4, -0.2) is 54.7 Å². The summed E-state index contributed by atoms with van der Waals surface area (Å²) in [6.45, 7) is 6.68. The van der Waals surface area contributed by atoms with E-state index < -0.39 is 0 Å². The third-order valence-electron chi connectivity index (χ3n) is 4.60. The van der Waals surface area contributed by atoms with Gasteiger partial charge in [0.25, 0.3) is 0 Å². The Morgan fingerprint density at radius 2 is 1.84 bits per heavy atom. The van der Waals surface area contributed by atoms with Gasteiger partial charge in [0.2, 0.25) is 0 Å². The van der Waals surface area contributed by atoms with Gasteiger partial charge in [-0.3, -0.25) is 0 Å². The molecule has 1 saturated heterocycles. The Labute approximate surface area is 149 Å². The second kappa shape index (κ2) is 8.00. The molecule has 0 spiro atoms. The van der Waals surface area contributed by atoms with E-state index in [0.717, 1.165) is 63.0 Å². The molecule has 1 aliphatic heterocycles. The van der Waals surface area contributed by atoms with E-state index in [1.54, 1.807) is 6.33 Å². The lowest BCUT2D eigenvalue weighted by atomic mass is 10.2. The van der Waals surface area contributed by atoms with Gasteiger partial charge in [0.05, 0.1) is 0 Å². The molecule has 0 aliphatic carbocycles. The summed E-state index contributed by atoms with van der Waals surface area (Å²) in [6, 6.07) is 6.02. The predicted octanol–water partition coefficient (Wildman–Crippen LogP) is 2.02. The van der Waals surface area contributed by atoms with Gasteiger partial charge in [-0.2, -0.15) is 0 Å². The molecule has 0 saturated carbocycles. The minimum absolute atomic E-state index is 0.674. The number of aromatic nitrogens is 3. The normalized spacial score (nSPS) is 14.6. The van der Waals surface area contributed by atoms with Crippen molar-refractivity contribution in [2.24, 2.45) is 0 Å². The first-order valence-electron chi connectivity index (χ1n) is 8.93. The van der Waals surface area contributed by atoms with Gasteiger partial charge < -0.3 is 20.4 Å². The first-order chi connectivity index (χ1) is 12.2. The van der Waals surface area contributed by atoms with E-state index in [0.29, 0.717) is 5.69 Å². The highest BCUT2D eigenvalue weighted by Gasteiger charge is 2.22. The molecule has 0 aromatic carbocycles. The van der Waals surface area contributed by atoms with Gasteiger partial charge in [0.1, 0.15) is 17.8 Å². The lowest BCUT2D eigenvalue weighted by Crippen LogP contribution is -2.47. The topological polar surface area (TPSA) is 74.4 Å². The Morgan fingerprint density at radius 1 is 1.08 bits per heavy atom. The number of rotatable bonds is 6. The molecule has 3 heterocycles. The van der Waals surface area contributed by atoms with E-state index in [1.807, 2.05) is 25.4 Å². The molecule has 2 N–H and O–H groups in total. The third kappa shape index (κ3) is 3.92. The van der Waals surface area contributed by atoms with Crippen LogP contribution < -0.4 is 20.4 Å². The molecule has 25 heavy (non-hydrogen) atoms. The first-order valence-corrected chi connectivity index (χ1v) is 8.93. The number of hydrogen-bond donors (Lipinski definition) is 1. The second-order valence-electron chi connectivity index (χ2n) is 6.37. The standard InChI is InChI=1S/C18H27N7/c1-3-4-9-23(2)17-16(19)18(22-14-21-17)25-12-10-24(11-13-25)15-7-5-6-8-20-15/h5-8,14H,3-4,9-13,19H2,1-2H3. The SMILES string of the molecule is CCCCN(C)c1ncnc(N2CCN(c3ccccn3)CC2)c1N. The maximum absolute atomic E-state index is 6.40. The van der Waals surface area contributed by atoms with Crippen LogP contribution in [0.15, 0.2) is 30.7 Å². The van der Waals surface area contributed by atoms with Crippen molar-refractivity contribution in [3.63, 3.8) is 0 Å². The molecule has 2 aromatic heterocycles. The Bertz CT molecular complexity index is 668. The number of unbranched alkanes of at least 4 members (excludes halogenated alkanes) is 1. The summed E-state index contributed by atoms with van der Waals surface area (Å²) in [5.41, 5.74) is 7.07. The number of pyridine rings is 1. The van der Waals surface area contributed by atoms with E-state index in [4.69, 9.17) is 5.73 Å². The molecule has 134 valence electrons. The van der Waals surface area contributed by atoms with Crippen molar-refractivity contribution >= 4 is 23.1 Å². The van der Waals surface area contributed by atoms with Crippen LogP contribution in [0.25, 0.3) is 0 Å². The number of nitrogens with zero attached hydrogens (tertiary/aromatic N) is 6. The Kier molecular flexibility index (Phi) is 5.53. The van der Waals surface area contributed by atoms with Gasteiger partial charge in [-0.1, -0.05) is 19.4 Å². The van der Waals surface area contributed by atoms with Crippen molar-refractivity contribution in [2.75, 3.05) is 60.2 Å². The van der Waals surface area contributed by atoms with Gasteiger partial charge in [-0.15, -0.1) is 0 Å². The van der Waals surface area contributed by atoms with Crippen LogP contribution in [0.1, 0.15) is 19.8 Å². The highest BCUT2D eigenvalue weighted by Crippen LogP contribution is 2.29. The van der Waals surface area contributed by atoms with E-state index in [1.165, 1.54) is 0 Å². The van der Waals surface area contributed by atoms with Crippen LogP contribution in [0, 0.1) is 0 Å². The summed E-state index contributed by atoms with van der Waals surface area (Å²) in [5.74, 6) is 2.69. The monoisotopic (exact) mass is 341 g/mol. The Morgan fingerprint density at radius 3 is 2.52 bits per heavy atom. The second-order valence-corrected chi connectivity index (χ2v) is 6.37. The predicted molar refractivity (Wildman–Crippen MR) is 103 cm³/mol. The van der Waals surface area contributed by atoms with Crippen LogP contribution in [0.3, 0.4) is 0 Å². The van der Waals surface area contributed by atoms with Gasteiger partial charge in [0.15, 0.2) is 11.6 Å².